The van der Waals surface area contributed by atoms with Gasteiger partial charge < -0.3 is 20.1 Å². The third-order valence-electron chi connectivity index (χ3n) is 4.63. The summed E-state index contributed by atoms with van der Waals surface area (Å²) >= 11 is 0. The van der Waals surface area contributed by atoms with E-state index in [-0.39, 0.29) is 0 Å². The molecule has 2 N–H and O–H groups in total. The molecule has 0 bridgehead atoms. The van der Waals surface area contributed by atoms with Gasteiger partial charge in [-0.05, 0) is 49.2 Å². The third kappa shape index (κ3) is 5.08. The van der Waals surface area contributed by atoms with Crippen LogP contribution in [0.4, 0.5) is 0 Å². The van der Waals surface area contributed by atoms with Gasteiger partial charge in [0.1, 0.15) is 0 Å². The van der Waals surface area contributed by atoms with Gasteiger partial charge in [0.05, 0.1) is 19.9 Å². The minimum Gasteiger partial charge on any atom is -0.493 e. The second kappa shape index (κ2) is 9.78. The molecule has 0 atom stereocenters. The van der Waals surface area contributed by atoms with E-state index in [0.29, 0.717) is 30.5 Å². The molecule has 8 heteroatoms. The molecule has 3 aromatic rings. The molecule has 3 rings (SSSR count). The maximum Gasteiger partial charge on any atom is 0.191 e. The summed E-state index contributed by atoms with van der Waals surface area (Å²) in [6.07, 6.45) is 1.85. The molecule has 0 aliphatic rings. The quantitative estimate of drug-likeness (QED) is 0.462. The molecule has 0 unspecified atom stereocenters. The highest BCUT2D eigenvalue weighted by Crippen LogP contribution is 2.27. The summed E-state index contributed by atoms with van der Waals surface area (Å²) in [5.41, 5.74) is 4.15. The summed E-state index contributed by atoms with van der Waals surface area (Å²) in [5, 5.41) is 11.1. The third-order valence-corrected chi connectivity index (χ3v) is 4.63. The Bertz CT molecular complexity index is 1010. The Morgan fingerprint density at radius 2 is 1.67 bits per heavy atom. The van der Waals surface area contributed by atoms with E-state index in [1.54, 1.807) is 21.3 Å². The van der Waals surface area contributed by atoms with E-state index in [9.17, 15) is 0 Å². The zero-order valence-corrected chi connectivity index (χ0v) is 18.1. The Morgan fingerprint density at radius 1 is 0.967 bits per heavy atom. The van der Waals surface area contributed by atoms with Crippen LogP contribution in [0.25, 0.3) is 5.82 Å². The SMILES string of the molecule is CN=C(NCc1ccc(-n2nc(C)cc2C)nc1)NCc1ccc(OC)c(OC)c1. The lowest BCUT2D eigenvalue weighted by atomic mass is 10.2. The predicted octanol–water partition coefficient (Wildman–Crippen LogP) is 2.77. The van der Waals surface area contributed by atoms with Crippen LogP contribution in [0.5, 0.6) is 11.5 Å². The minimum atomic E-state index is 0.606. The van der Waals surface area contributed by atoms with Crippen molar-refractivity contribution in [2.75, 3.05) is 21.3 Å². The number of hydrogen-bond acceptors (Lipinski definition) is 5. The van der Waals surface area contributed by atoms with Gasteiger partial charge in [-0.2, -0.15) is 5.10 Å². The van der Waals surface area contributed by atoms with Gasteiger partial charge in [0.2, 0.25) is 0 Å². The predicted molar refractivity (Wildman–Crippen MR) is 117 cm³/mol. The van der Waals surface area contributed by atoms with Crippen molar-refractivity contribution in [3.8, 4) is 17.3 Å². The maximum atomic E-state index is 5.35. The van der Waals surface area contributed by atoms with Crippen LogP contribution >= 0.6 is 0 Å². The van der Waals surface area contributed by atoms with Gasteiger partial charge >= 0.3 is 0 Å². The first kappa shape index (κ1) is 21.2. The molecule has 0 fully saturated rings. The molecule has 0 saturated heterocycles. The van der Waals surface area contributed by atoms with Gasteiger partial charge in [-0.1, -0.05) is 12.1 Å². The molecule has 2 heterocycles. The van der Waals surface area contributed by atoms with E-state index in [2.05, 4.69) is 25.7 Å². The van der Waals surface area contributed by atoms with Gasteiger partial charge in [0.25, 0.3) is 0 Å². The Kier molecular flexibility index (Phi) is 6.90. The van der Waals surface area contributed by atoms with Gasteiger partial charge in [-0.3, -0.25) is 4.99 Å². The molecule has 158 valence electrons. The first-order chi connectivity index (χ1) is 14.5. The van der Waals surface area contributed by atoms with Crippen LogP contribution in [-0.4, -0.2) is 42.0 Å². The first-order valence-corrected chi connectivity index (χ1v) is 9.68. The topological polar surface area (TPSA) is 85.6 Å². The lowest BCUT2D eigenvalue weighted by Gasteiger charge is -2.14. The molecule has 0 aliphatic heterocycles. The number of methoxy groups -OCH3 is 2. The van der Waals surface area contributed by atoms with E-state index < -0.39 is 0 Å². The fourth-order valence-electron chi connectivity index (χ4n) is 3.09. The smallest absolute Gasteiger partial charge is 0.191 e. The molecule has 1 aromatic carbocycles. The fourth-order valence-corrected chi connectivity index (χ4v) is 3.09. The Hall–Kier alpha value is -3.55. The first-order valence-electron chi connectivity index (χ1n) is 9.68. The van der Waals surface area contributed by atoms with Gasteiger partial charge in [-0.15, -0.1) is 0 Å². The summed E-state index contributed by atoms with van der Waals surface area (Å²) in [5.74, 6) is 2.92. The van der Waals surface area contributed by atoms with Crippen molar-refractivity contribution in [1.29, 1.82) is 0 Å². The standard InChI is InChI=1S/C22H28N6O2/c1-15-10-16(2)28(27-15)21-9-7-18(13-24-21)14-26-22(23-3)25-12-17-6-8-19(29-4)20(11-17)30-5/h6-11,13H,12,14H2,1-5H3,(H2,23,25,26). The van der Waals surface area contributed by atoms with Crippen LogP contribution in [0.1, 0.15) is 22.5 Å². The number of pyridine rings is 1. The van der Waals surface area contributed by atoms with Crippen molar-refractivity contribution < 1.29 is 9.47 Å². The molecular weight excluding hydrogens is 380 g/mol. The highest BCUT2D eigenvalue weighted by molar-refractivity contribution is 5.79. The molecule has 0 saturated carbocycles. The largest absolute Gasteiger partial charge is 0.493 e. The van der Waals surface area contributed by atoms with Crippen LogP contribution < -0.4 is 20.1 Å². The van der Waals surface area contributed by atoms with Crippen LogP contribution in [0, 0.1) is 13.8 Å². The van der Waals surface area contributed by atoms with Gasteiger partial charge in [-0.25, -0.2) is 9.67 Å². The minimum absolute atomic E-state index is 0.606. The lowest BCUT2D eigenvalue weighted by molar-refractivity contribution is 0.354. The monoisotopic (exact) mass is 408 g/mol. The zero-order chi connectivity index (χ0) is 21.5. The van der Waals surface area contributed by atoms with Crippen LogP contribution in [0.2, 0.25) is 0 Å². The average molecular weight is 409 g/mol. The number of hydrogen-bond donors (Lipinski definition) is 2. The summed E-state index contributed by atoms with van der Waals surface area (Å²) in [7, 11) is 5.00. The van der Waals surface area contributed by atoms with Crippen molar-refractivity contribution >= 4 is 5.96 Å². The molecule has 2 aromatic heterocycles. The number of benzene rings is 1. The van der Waals surface area contributed by atoms with Crippen molar-refractivity contribution in [3.05, 3.63) is 65.1 Å². The van der Waals surface area contributed by atoms with Crippen molar-refractivity contribution in [2.45, 2.75) is 26.9 Å². The van der Waals surface area contributed by atoms with Crippen LogP contribution in [0.15, 0.2) is 47.6 Å². The van der Waals surface area contributed by atoms with E-state index in [1.807, 2.05) is 61.1 Å². The molecular formula is C22H28N6O2. The van der Waals surface area contributed by atoms with Crippen molar-refractivity contribution in [1.82, 2.24) is 25.4 Å². The van der Waals surface area contributed by atoms with Crippen molar-refractivity contribution in [3.63, 3.8) is 0 Å². The fraction of sp³-hybridized carbons (Fsp3) is 0.318. The Balaban J connectivity index is 1.56. The second-order valence-electron chi connectivity index (χ2n) is 6.83. The number of guanidine groups is 1. The van der Waals surface area contributed by atoms with E-state index in [1.165, 1.54) is 0 Å². The number of nitrogens with zero attached hydrogens (tertiary/aromatic N) is 4. The van der Waals surface area contributed by atoms with Crippen molar-refractivity contribution in [2.24, 2.45) is 4.99 Å². The lowest BCUT2D eigenvalue weighted by Crippen LogP contribution is -2.36. The van der Waals surface area contributed by atoms with E-state index in [0.717, 1.165) is 28.3 Å². The van der Waals surface area contributed by atoms with E-state index in [4.69, 9.17) is 9.47 Å². The molecule has 0 spiro atoms. The average Bonchev–Trinajstić information content (AvgIpc) is 3.11. The number of nitrogens with one attached hydrogen (secondary N) is 2. The zero-order valence-electron chi connectivity index (χ0n) is 18.1. The maximum absolute atomic E-state index is 5.35. The number of aryl methyl sites for hydroxylation is 2. The summed E-state index contributed by atoms with van der Waals surface area (Å²) in [4.78, 5) is 8.81. The molecule has 0 aliphatic carbocycles. The highest BCUT2D eigenvalue weighted by atomic mass is 16.5. The molecule has 30 heavy (non-hydrogen) atoms. The number of aliphatic imine (C=N–C) groups is 1. The Morgan fingerprint density at radius 3 is 2.23 bits per heavy atom. The number of ether oxygens (including phenoxy) is 2. The van der Waals surface area contributed by atoms with E-state index >= 15 is 0 Å². The Labute approximate surface area is 177 Å². The molecule has 8 nitrogen and oxygen atoms in total. The van der Waals surface area contributed by atoms with Crippen LogP contribution in [-0.2, 0) is 13.1 Å². The highest BCUT2D eigenvalue weighted by Gasteiger charge is 2.07. The summed E-state index contributed by atoms with van der Waals surface area (Å²) < 4.78 is 12.5. The summed E-state index contributed by atoms with van der Waals surface area (Å²) in [6, 6.07) is 11.9. The number of aromatic nitrogens is 3. The normalized spacial score (nSPS) is 11.3. The molecule has 0 amide bonds. The van der Waals surface area contributed by atoms with Gasteiger partial charge in [0, 0.05) is 32.0 Å². The van der Waals surface area contributed by atoms with Gasteiger partial charge in [0.15, 0.2) is 23.3 Å². The summed E-state index contributed by atoms with van der Waals surface area (Å²) in [6.45, 7) is 5.21. The molecule has 0 radical (unpaired) electrons. The van der Waals surface area contributed by atoms with Crippen LogP contribution in [0.3, 0.4) is 0 Å². The second-order valence-corrected chi connectivity index (χ2v) is 6.83. The number of rotatable bonds is 7.